The number of aliphatic hydroxyl groups is 2. The van der Waals surface area contributed by atoms with Gasteiger partial charge in [0.15, 0.2) is 5.76 Å². The van der Waals surface area contributed by atoms with Crippen molar-refractivity contribution in [2.45, 2.75) is 77.8 Å². The molecule has 5 N–H and O–H groups in total. The van der Waals surface area contributed by atoms with Gasteiger partial charge in [-0.3, -0.25) is 19.2 Å². The first-order valence-electron chi connectivity index (χ1n) is 13.9. The molecule has 12 heteroatoms. The molecule has 0 fully saturated rings. The van der Waals surface area contributed by atoms with Crippen molar-refractivity contribution >= 4 is 23.4 Å². The van der Waals surface area contributed by atoms with Gasteiger partial charge in [0.25, 0.3) is 11.7 Å². The van der Waals surface area contributed by atoms with E-state index < -0.39 is 71.8 Å². The molecule has 234 valence electrons. The maximum absolute atomic E-state index is 13.7. The predicted molar refractivity (Wildman–Crippen MR) is 152 cm³/mol. The van der Waals surface area contributed by atoms with Crippen molar-refractivity contribution in [3.05, 3.63) is 46.1 Å². The number of rotatable bonds is 5. The van der Waals surface area contributed by atoms with E-state index in [4.69, 9.17) is 24.7 Å². The van der Waals surface area contributed by atoms with Gasteiger partial charge in [-0.15, -0.1) is 0 Å². The molecule has 0 spiro atoms. The van der Waals surface area contributed by atoms with E-state index >= 15 is 0 Å². The number of hydrogen-bond donors (Lipinski definition) is 4. The molecular weight excluding hydrogens is 548 g/mol. The van der Waals surface area contributed by atoms with Crippen molar-refractivity contribution in [1.29, 1.82) is 0 Å². The van der Waals surface area contributed by atoms with Crippen LogP contribution in [0.1, 0.15) is 53.4 Å². The number of nitrogens with two attached hydrogens (primary N) is 1. The smallest absolute Gasteiger partial charge is 0.325 e. The van der Waals surface area contributed by atoms with Gasteiger partial charge in [0.2, 0.25) is 11.5 Å². The highest BCUT2D eigenvalue weighted by Crippen LogP contribution is 2.32. The van der Waals surface area contributed by atoms with Crippen LogP contribution in [0.25, 0.3) is 0 Å². The summed E-state index contributed by atoms with van der Waals surface area (Å²) in [6.07, 6.45) is 1.24. The third kappa shape index (κ3) is 8.45. The minimum atomic E-state index is -0.984. The summed E-state index contributed by atoms with van der Waals surface area (Å²) >= 11 is 0. The topological polar surface area (TPSA) is 184 Å². The third-order valence-electron chi connectivity index (χ3n) is 7.56. The number of Topliss-reactive ketones (excluding diaryl/α,β-unsaturated/α-hetero) is 2. The minimum Gasteiger partial charge on any atom is -0.492 e. The number of esters is 1. The Morgan fingerprint density at radius 2 is 1.67 bits per heavy atom. The highest BCUT2D eigenvalue weighted by atomic mass is 16.5. The van der Waals surface area contributed by atoms with E-state index in [1.165, 1.54) is 28.3 Å². The molecule has 12 nitrogen and oxygen atoms in total. The van der Waals surface area contributed by atoms with Crippen molar-refractivity contribution < 1.29 is 48.3 Å². The summed E-state index contributed by atoms with van der Waals surface area (Å²) < 4.78 is 21.5. The lowest BCUT2D eigenvalue weighted by molar-refractivity contribution is -0.141. The number of ketones is 2. The third-order valence-corrected chi connectivity index (χ3v) is 7.56. The van der Waals surface area contributed by atoms with Crippen molar-refractivity contribution in [3.63, 3.8) is 0 Å². The van der Waals surface area contributed by atoms with Crippen molar-refractivity contribution in [2.75, 3.05) is 27.9 Å². The monoisotopic (exact) mass is 592 g/mol. The van der Waals surface area contributed by atoms with Gasteiger partial charge in [-0.25, -0.2) is 0 Å². The van der Waals surface area contributed by atoms with Crippen LogP contribution < -0.4 is 11.1 Å². The van der Waals surface area contributed by atoms with Crippen molar-refractivity contribution in [2.24, 2.45) is 17.6 Å². The summed E-state index contributed by atoms with van der Waals surface area (Å²) in [4.78, 5) is 52.3. The predicted octanol–water partition coefficient (Wildman–Crippen LogP) is 1.36. The zero-order valence-electron chi connectivity index (χ0n) is 25.4. The molecular formula is C30H44N2O10. The molecule has 1 heterocycles. The van der Waals surface area contributed by atoms with Gasteiger partial charge in [0, 0.05) is 31.3 Å². The van der Waals surface area contributed by atoms with E-state index in [1.54, 1.807) is 26.0 Å². The first kappa shape index (κ1) is 35.0. The summed E-state index contributed by atoms with van der Waals surface area (Å²) in [6, 6.07) is 0. The molecule has 42 heavy (non-hydrogen) atoms. The quantitative estimate of drug-likeness (QED) is 0.205. The van der Waals surface area contributed by atoms with Gasteiger partial charge < -0.3 is 40.2 Å². The maximum atomic E-state index is 13.7. The molecule has 1 amide bonds. The molecule has 6 atom stereocenters. The molecule has 2 aliphatic rings. The second-order valence-corrected chi connectivity index (χ2v) is 10.8. The second kappa shape index (κ2) is 15.9. The molecule has 0 aromatic heterocycles. The number of methoxy groups -OCH3 is 3. The Labute approximate surface area is 246 Å². The van der Waals surface area contributed by atoms with Crippen LogP contribution in [0.4, 0.5) is 0 Å². The van der Waals surface area contributed by atoms with Crippen LogP contribution in [-0.4, -0.2) is 85.9 Å². The van der Waals surface area contributed by atoms with Crippen LogP contribution in [0.15, 0.2) is 46.1 Å². The fraction of sp³-hybridized carbons (Fsp3) is 0.600. The van der Waals surface area contributed by atoms with Crippen molar-refractivity contribution in [3.8, 4) is 0 Å². The summed E-state index contributed by atoms with van der Waals surface area (Å²) in [5.41, 5.74) is 5.68. The average molecular weight is 593 g/mol. The van der Waals surface area contributed by atoms with E-state index in [2.05, 4.69) is 5.32 Å². The van der Waals surface area contributed by atoms with Crippen LogP contribution in [0.5, 0.6) is 0 Å². The Bertz CT molecular complexity index is 1170. The Morgan fingerprint density at radius 3 is 2.24 bits per heavy atom. The van der Waals surface area contributed by atoms with E-state index in [0.717, 1.165) is 0 Å². The van der Waals surface area contributed by atoms with Crippen molar-refractivity contribution in [1.82, 2.24) is 5.32 Å². The number of hydrogen-bond acceptors (Lipinski definition) is 11. The molecule has 0 saturated heterocycles. The van der Waals surface area contributed by atoms with E-state index in [1.807, 2.05) is 6.92 Å². The lowest BCUT2D eigenvalue weighted by Gasteiger charge is -2.29. The number of carbonyl (C=O) groups excluding carboxylic acids is 4. The van der Waals surface area contributed by atoms with Gasteiger partial charge >= 0.3 is 5.97 Å². The molecule has 2 rings (SSSR count). The number of carbonyl (C=O) groups is 4. The fourth-order valence-corrected chi connectivity index (χ4v) is 5.10. The first-order valence-corrected chi connectivity index (χ1v) is 13.9. The molecule has 2 bridgehead atoms. The van der Waals surface area contributed by atoms with Gasteiger partial charge in [-0.1, -0.05) is 26.0 Å². The lowest BCUT2D eigenvalue weighted by atomic mass is 9.85. The molecule has 1 aliphatic heterocycles. The highest BCUT2D eigenvalue weighted by Gasteiger charge is 2.40. The summed E-state index contributed by atoms with van der Waals surface area (Å²) in [6.45, 7) is 6.33. The summed E-state index contributed by atoms with van der Waals surface area (Å²) in [5.74, 6) is -5.03. The molecule has 0 aromatic rings. The largest absolute Gasteiger partial charge is 0.492 e. The normalized spacial score (nSPS) is 29.1. The Hall–Kier alpha value is -3.16. The molecule has 0 saturated carbocycles. The Morgan fingerprint density at radius 1 is 1.02 bits per heavy atom. The zero-order valence-corrected chi connectivity index (χ0v) is 25.4. The van der Waals surface area contributed by atoms with E-state index in [-0.39, 0.29) is 29.2 Å². The zero-order chi connectivity index (χ0) is 31.7. The van der Waals surface area contributed by atoms with Crippen LogP contribution >= 0.6 is 0 Å². The van der Waals surface area contributed by atoms with Crippen LogP contribution in [0.2, 0.25) is 0 Å². The van der Waals surface area contributed by atoms with Gasteiger partial charge in [-0.05, 0) is 51.0 Å². The second-order valence-electron chi connectivity index (χ2n) is 10.8. The molecule has 0 radical (unpaired) electrons. The number of aliphatic hydroxyl groups excluding tert-OH is 2. The van der Waals surface area contributed by atoms with Crippen LogP contribution in [0, 0.1) is 11.8 Å². The number of amides is 1. The molecule has 1 aliphatic carbocycles. The summed E-state index contributed by atoms with van der Waals surface area (Å²) in [5, 5.41) is 24.5. The fourth-order valence-electron chi connectivity index (χ4n) is 5.10. The Balaban J connectivity index is 2.63. The maximum Gasteiger partial charge on any atom is 0.325 e. The molecule has 0 aromatic carbocycles. The minimum absolute atomic E-state index is 0.0170. The first-order chi connectivity index (χ1) is 19.8. The number of nitrogens with one attached hydrogen (secondary N) is 1. The van der Waals surface area contributed by atoms with Gasteiger partial charge in [0.05, 0.1) is 32.0 Å². The number of allylic oxidation sites excluding steroid dienone is 2. The summed E-state index contributed by atoms with van der Waals surface area (Å²) in [7, 11) is 4.15. The highest BCUT2D eigenvalue weighted by molar-refractivity contribution is 6.25. The Kier molecular flexibility index (Phi) is 13.3. The van der Waals surface area contributed by atoms with Gasteiger partial charge in [-0.2, -0.15) is 0 Å². The number of fused-ring (bicyclic) bond motifs is 2. The van der Waals surface area contributed by atoms with Crippen LogP contribution in [0.3, 0.4) is 0 Å². The van der Waals surface area contributed by atoms with Crippen LogP contribution in [-0.2, 0) is 38.1 Å². The van der Waals surface area contributed by atoms with E-state index in [9.17, 15) is 29.4 Å². The standard InChI is InChI=1S/C30H44N2O10/c1-15-11-19-26(36)23(29(42-22(33)14-31)27(37)28(19)41-7)32-30(38)16(2)9-8-10-20(39-5)24(34)17(3)13-18(4)25(35)21(12-15)40-6/h9,13,15,18,20-21,24-25,34-35H,8,10-12,14,31H2,1-7H3,(H,32,38). The van der Waals surface area contributed by atoms with E-state index in [0.29, 0.717) is 24.8 Å². The SMILES string of the molecule is COC1=C2CC(C)CC(OC)C(O)C(C)C=C(C)C(O)C(OC)CCC=C(C)C(=O)NC(=C(OC(=O)CN)C1=O)C2=O. The molecule has 6 unspecified atom stereocenters. The lowest BCUT2D eigenvalue weighted by Crippen LogP contribution is -2.38. The number of ether oxygens (including phenoxy) is 4. The van der Waals surface area contributed by atoms with Gasteiger partial charge in [0.1, 0.15) is 11.8 Å². The average Bonchev–Trinajstić information content (AvgIpc) is 2.96.